The van der Waals surface area contributed by atoms with E-state index in [4.69, 9.17) is 0 Å². The van der Waals surface area contributed by atoms with Gasteiger partial charge in [0, 0.05) is 16.5 Å². The van der Waals surface area contributed by atoms with Crippen LogP contribution in [0.4, 0.5) is 13.2 Å². The molecule has 0 aliphatic rings. The van der Waals surface area contributed by atoms with Gasteiger partial charge < -0.3 is 0 Å². The monoisotopic (exact) mass is 323 g/mol. The van der Waals surface area contributed by atoms with Crippen LogP contribution < -0.4 is 0 Å². The van der Waals surface area contributed by atoms with Gasteiger partial charge in [0.25, 0.3) is 0 Å². The first kappa shape index (κ1) is 14.8. The number of Topliss-reactive ketones (excluding diaryl/α,β-unsaturated/α-hetero) is 1. The molecule has 1 atom stereocenters. The van der Waals surface area contributed by atoms with E-state index in [0.29, 0.717) is 0 Å². The molecule has 1 aromatic rings. The average molecular weight is 324 g/mol. The van der Waals surface area contributed by atoms with E-state index in [1.807, 2.05) is 0 Å². The van der Waals surface area contributed by atoms with Crippen LogP contribution in [0, 0.1) is 4.91 Å². The number of ketones is 1. The fourth-order valence-electron chi connectivity index (χ4n) is 1.34. The van der Waals surface area contributed by atoms with Crippen molar-refractivity contribution in [2.24, 2.45) is 5.18 Å². The van der Waals surface area contributed by atoms with E-state index in [-0.39, 0.29) is 5.56 Å². The molecular formula is C11H9BrF3NO2. The molecule has 0 spiro atoms. The summed E-state index contributed by atoms with van der Waals surface area (Å²) in [7, 11) is 0. The van der Waals surface area contributed by atoms with Gasteiger partial charge in [-0.2, -0.15) is 18.1 Å². The summed E-state index contributed by atoms with van der Waals surface area (Å²) in [5.74, 6) is -0.693. The summed E-state index contributed by atoms with van der Waals surface area (Å²) >= 11 is 3.16. The van der Waals surface area contributed by atoms with Crippen LogP contribution in [0.1, 0.15) is 23.2 Å². The molecule has 0 aliphatic heterocycles. The van der Waals surface area contributed by atoms with E-state index < -0.39 is 30.8 Å². The number of rotatable bonds is 5. The topological polar surface area (TPSA) is 46.5 Å². The van der Waals surface area contributed by atoms with Gasteiger partial charge in [0.05, 0.1) is 0 Å². The third-order valence-corrected chi connectivity index (χ3v) is 2.79. The molecule has 7 heteroatoms. The second-order valence-corrected chi connectivity index (χ2v) is 4.56. The highest BCUT2D eigenvalue weighted by molar-refractivity contribution is 9.10. The second-order valence-electron chi connectivity index (χ2n) is 3.65. The molecule has 0 N–H and O–H groups in total. The highest BCUT2D eigenvalue weighted by Gasteiger charge is 2.31. The van der Waals surface area contributed by atoms with Crippen LogP contribution in [0.15, 0.2) is 33.9 Å². The van der Waals surface area contributed by atoms with Crippen molar-refractivity contribution in [1.82, 2.24) is 0 Å². The average Bonchev–Trinajstić information content (AvgIpc) is 2.29. The van der Waals surface area contributed by atoms with Crippen LogP contribution in [-0.2, 0) is 0 Å². The molecule has 3 nitrogen and oxygen atoms in total. The zero-order valence-corrected chi connectivity index (χ0v) is 10.7. The smallest absolute Gasteiger partial charge is 0.292 e. The summed E-state index contributed by atoms with van der Waals surface area (Å²) in [6.07, 6.45) is -6.23. The van der Waals surface area contributed by atoms with Crippen molar-refractivity contribution < 1.29 is 18.0 Å². The zero-order chi connectivity index (χ0) is 13.8. The molecular weight excluding hydrogens is 315 g/mol. The first-order chi connectivity index (χ1) is 8.33. The minimum atomic E-state index is -4.40. The van der Waals surface area contributed by atoms with Gasteiger partial charge in [0.15, 0.2) is 11.8 Å². The van der Waals surface area contributed by atoms with Crippen LogP contribution in [0.3, 0.4) is 0 Å². The Morgan fingerprint density at radius 3 is 2.28 bits per heavy atom. The van der Waals surface area contributed by atoms with E-state index in [0.717, 1.165) is 4.47 Å². The number of alkyl halides is 3. The molecule has 98 valence electrons. The molecule has 0 amide bonds. The van der Waals surface area contributed by atoms with E-state index in [1.54, 1.807) is 12.1 Å². The van der Waals surface area contributed by atoms with Crippen molar-refractivity contribution in [2.45, 2.75) is 25.1 Å². The molecule has 0 heterocycles. The zero-order valence-electron chi connectivity index (χ0n) is 9.08. The minimum absolute atomic E-state index is 0.171. The van der Waals surface area contributed by atoms with Crippen molar-refractivity contribution in [2.75, 3.05) is 0 Å². The summed E-state index contributed by atoms with van der Waals surface area (Å²) in [6.45, 7) is 0. The van der Waals surface area contributed by atoms with Crippen LogP contribution in [-0.4, -0.2) is 18.0 Å². The predicted octanol–water partition coefficient (Wildman–Crippen LogP) is 4.11. The van der Waals surface area contributed by atoms with Crippen molar-refractivity contribution in [3.8, 4) is 0 Å². The lowest BCUT2D eigenvalue weighted by Gasteiger charge is -2.10. The van der Waals surface area contributed by atoms with Crippen molar-refractivity contribution in [3.63, 3.8) is 0 Å². The molecule has 1 rings (SSSR count). The maximum Gasteiger partial charge on any atom is 0.389 e. The number of carbonyl (C=O) groups excluding carboxylic acids is 1. The molecule has 1 aromatic carbocycles. The minimum Gasteiger partial charge on any atom is -0.292 e. The van der Waals surface area contributed by atoms with E-state index in [2.05, 4.69) is 21.1 Å². The van der Waals surface area contributed by atoms with Gasteiger partial charge in [-0.1, -0.05) is 33.2 Å². The summed E-state index contributed by atoms with van der Waals surface area (Å²) in [5.41, 5.74) is 0.171. The predicted molar refractivity (Wildman–Crippen MR) is 63.3 cm³/mol. The number of benzene rings is 1. The van der Waals surface area contributed by atoms with Gasteiger partial charge in [-0.15, -0.1) is 0 Å². The van der Waals surface area contributed by atoms with Crippen LogP contribution in [0.25, 0.3) is 0 Å². The number of hydrogen-bond acceptors (Lipinski definition) is 3. The third kappa shape index (κ3) is 4.56. The van der Waals surface area contributed by atoms with Gasteiger partial charge in [-0.25, -0.2) is 0 Å². The number of nitroso groups, excluding NO2 is 1. The first-order valence-electron chi connectivity index (χ1n) is 5.02. The van der Waals surface area contributed by atoms with Crippen molar-refractivity contribution in [3.05, 3.63) is 39.2 Å². The largest absolute Gasteiger partial charge is 0.389 e. The normalized spacial score (nSPS) is 13.1. The molecule has 1 unspecified atom stereocenters. The van der Waals surface area contributed by atoms with E-state index in [9.17, 15) is 22.9 Å². The van der Waals surface area contributed by atoms with Gasteiger partial charge in [-0.05, 0) is 18.6 Å². The fraction of sp³-hybridized carbons (Fsp3) is 0.364. The fourth-order valence-corrected chi connectivity index (χ4v) is 1.60. The van der Waals surface area contributed by atoms with E-state index in [1.165, 1.54) is 12.1 Å². The van der Waals surface area contributed by atoms with E-state index >= 15 is 0 Å². The highest BCUT2D eigenvalue weighted by Crippen LogP contribution is 2.24. The third-order valence-electron chi connectivity index (χ3n) is 2.26. The Kier molecular flexibility index (Phi) is 5.01. The Morgan fingerprint density at radius 1 is 1.28 bits per heavy atom. The number of carbonyl (C=O) groups is 1. The van der Waals surface area contributed by atoms with Crippen molar-refractivity contribution >= 4 is 21.7 Å². The Labute approximate surface area is 109 Å². The molecule has 0 aromatic heterocycles. The number of hydrogen-bond donors (Lipinski definition) is 0. The molecule has 0 fully saturated rings. The Hall–Kier alpha value is -1.24. The van der Waals surface area contributed by atoms with Gasteiger partial charge in [0.1, 0.15) is 0 Å². The Balaban J connectivity index is 2.73. The maximum absolute atomic E-state index is 12.0. The molecule has 18 heavy (non-hydrogen) atoms. The van der Waals surface area contributed by atoms with Gasteiger partial charge >= 0.3 is 6.18 Å². The van der Waals surface area contributed by atoms with Gasteiger partial charge in [0.2, 0.25) is 0 Å². The highest BCUT2D eigenvalue weighted by atomic mass is 79.9. The summed E-state index contributed by atoms with van der Waals surface area (Å²) < 4.78 is 36.8. The lowest BCUT2D eigenvalue weighted by atomic mass is 10.0. The lowest BCUT2D eigenvalue weighted by Crippen LogP contribution is -2.21. The molecule has 0 radical (unpaired) electrons. The van der Waals surface area contributed by atoms with Crippen LogP contribution in [0.5, 0.6) is 0 Å². The van der Waals surface area contributed by atoms with Crippen LogP contribution in [0.2, 0.25) is 0 Å². The second kappa shape index (κ2) is 6.08. The van der Waals surface area contributed by atoms with Crippen molar-refractivity contribution in [1.29, 1.82) is 0 Å². The first-order valence-corrected chi connectivity index (χ1v) is 5.82. The molecule has 0 saturated carbocycles. The molecule has 0 bridgehead atoms. The summed E-state index contributed by atoms with van der Waals surface area (Å²) in [4.78, 5) is 22.2. The summed E-state index contributed by atoms with van der Waals surface area (Å²) in [5, 5.41) is 2.48. The summed E-state index contributed by atoms with van der Waals surface area (Å²) in [6, 6.07) is 4.50. The van der Waals surface area contributed by atoms with Gasteiger partial charge in [-0.3, -0.25) is 4.79 Å². The number of nitrogens with zero attached hydrogens (tertiary/aromatic N) is 1. The lowest BCUT2D eigenvalue weighted by molar-refractivity contribution is -0.135. The molecule has 0 aliphatic carbocycles. The Morgan fingerprint density at radius 2 is 1.83 bits per heavy atom. The molecule has 0 saturated heterocycles. The standard InChI is InChI=1S/C11H9BrF3NO2/c12-8-3-1-7(2-4-8)10(17)9(16-18)5-6-11(13,14)15/h1-4,9H,5-6H2. The maximum atomic E-state index is 12.0. The quantitative estimate of drug-likeness (QED) is 0.604. The SMILES string of the molecule is O=NC(CCC(F)(F)F)C(=O)c1ccc(Br)cc1. The number of halogens is 4. The Bertz CT molecular complexity index is 431. The van der Waals surface area contributed by atoms with Crippen LogP contribution >= 0.6 is 15.9 Å².